The number of amides is 1. The molecule has 2 aromatic carbocycles. The molecule has 34 heavy (non-hydrogen) atoms. The summed E-state index contributed by atoms with van der Waals surface area (Å²) >= 11 is 6.30. The van der Waals surface area contributed by atoms with Crippen LogP contribution in [-0.2, 0) is 0 Å². The van der Waals surface area contributed by atoms with Crippen molar-refractivity contribution in [3.63, 3.8) is 0 Å². The molecule has 1 saturated carbocycles. The Labute approximate surface area is 209 Å². The third kappa shape index (κ3) is 3.53. The van der Waals surface area contributed by atoms with Crippen LogP contribution in [0, 0.1) is 23.7 Å². The number of fused-ring (bicyclic) bond motifs is 2. The monoisotopic (exact) mass is 472 g/mol. The van der Waals surface area contributed by atoms with Crippen LogP contribution >= 0.6 is 12.2 Å². The fourth-order valence-corrected chi connectivity index (χ4v) is 7.06. The molecule has 1 saturated heterocycles. The number of anilines is 1. The number of hydrogen-bond donors (Lipinski definition) is 0. The van der Waals surface area contributed by atoms with Crippen LogP contribution in [0.1, 0.15) is 68.8 Å². The zero-order valence-corrected chi connectivity index (χ0v) is 21.8. The Bertz CT molecular complexity index is 1130. The minimum atomic E-state index is -0.0487. The summed E-state index contributed by atoms with van der Waals surface area (Å²) in [4.78, 5) is 19.1. The molecule has 2 aliphatic carbocycles. The largest absolute Gasteiger partial charge is 0.374 e. The lowest BCUT2D eigenvalue weighted by atomic mass is 9.69. The number of benzene rings is 2. The molecule has 0 aromatic heterocycles. The number of carbonyl (C=O) groups excluding carboxylic acids is 1. The van der Waals surface area contributed by atoms with Gasteiger partial charge in [0.25, 0.3) is 5.91 Å². The smallest absolute Gasteiger partial charge is 0.263 e. The molecule has 2 fully saturated rings. The lowest BCUT2D eigenvalue weighted by Crippen LogP contribution is -2.42. The van der Waals surface area contributed by atoms with Crippen molar-refractivity contribution in [3.8, 4) is 0 Å². The van der Waals surface area contributed by atoms with E-state index in [-0.39, 0.29) is 16.7 Å². The van der Waals surface area contributed by atoms with Gasteiger partial charge in [-0.3, -0.25) is 9.69 Å². The maximum atomic E-state index is 14.0. The van der Waals surface area contributed by atoms with E-state index in [1.165, 1.54) is 37.0 Å². The predicted molar refractivity (Wildman–Crippen MR) is 144 cm³/mol. The van der Waals surface area contributed by atoms with E-state index < -0.39 is 0 Å². The van der Waals surface area contributed by atoms with Crippen molar-refractivity contribution in [1.82, 2.24) is 4.90 Å². The number of piperidine rings is 1. The summed E-state index contributed by atoms with van der Waals surface area (Å²) in [5.74, 6) is 0.325. The highest BCUT2D eigenvalue weighted by Gasteiger charge is 2.63. The van der Waals surface area contributed by atoms with Gasteiger partial charge in [-0.15, -0.1) is 0 Å². The standard InChI is InChI=1S/C30H36N2OS/c1-21-13-15-22(16-14-21)27(33)32(23-11-7-5-8-12-23)28(34)25-24-17-18-30(4,29(24,2)3)26(25)31-19-9-6-10-20-31/h5,7-8,11-16,24H,6,9-10,17-20H2,1-4H3/t24-,30+/m1/s1. The Hall–Kier alpha value is -2.46. The van der Waals surface area contributed by atoms with Gasteiger partial charge in [0.2, 0.25) is 0 Å². The highest BCUT2D eigenvalue weighted by molar-refractivity contribution is 7.81. The van der Waals surface area contributed by atoms with E-state index in [2.05, 4.69) is 25.7 Å². The Morgan fingerprint density at radius 1 is 0.971 bits per heavy atom. The predicted octanol–water partition coefficient (Wildman–Crippen LogP) is 7.17. The van der Waals surface area contributed by atoms with Gasteiger partial charge in [0.1, 0.15) is 4.99 Å². The van der Waals surface area contributed by atoms with Gasteiger partial charge in [-0.25, -0.2) is 0 Å². The quantitative estimate of drug-likeness (QED) is 0.441. The molecule has 1 amide bonds. The second-order valence-corrected chi connectivity index (χ2v) is 11.5. The summed E-state index contributed by atoms with van der Waals surface area (Å²) in [6, 6.07) is 17.8. The summed E-state index contributed by atoms with van der Waals surface area (Å²) in [7, 11) is 0. The van der Waals surface area contributed by atoms with Crippen LogP contribution in [0.15, 0.2) is 65.9 Å². The van der Waals surface area contributed by atoms with Crippen LogP contribution in [0.5, 0.6) is 0 Å². The number of hydrogen-bond acceptors (Lipinski definition) is 3. The number of para-hydroxylation sites is 1. The average molecular weight is 473 g/mol. The van der Waals surface area contributed by atoms with Crippen molar-refractivity contribution in [2.24, 2.45) is 16.7 Å². The molecule has 4 heteroatoms. The van der Waals surface area contributed by atoms with Crippen molar-refractivity contribution in [3.05, 3.63) is 77.0 Å². The molecule has 0 N–H and O–H groups in total. The lowest BCUT2D eigenvalue weighted by Gasteiger charge is -2.43. The second kappa shape index (κ2) is 8.64. The number of allylic oxidation sites excluding steroid dienone is 1. The minimum Gasteiger partial charge on any atom is -0.374 e. The van der Waals surface area contributed by atoms with Crippen LogP contribution < -0.4 is 4.90 Å². The van der Waals surface area contributed by atoms with Crippen molar-refractivity contribution in [2.75, 3.05) is 18.0 Å². The van der Waals surface area contributed by atoms with Gasteiger partial charge < -0.3 is 4.90 Å². The number of rotatable bonds is 4. The number of carbonyl (C=O) groups is 1. The van der Waals surface area contributed by atoms with Crippen molar-refractivity contribution in [1.29, 1.82) is 0 Å². The molecule has 1 aliphatic heterocycles. The SMILES string of the molecule is Cc1ccc(C(=O)N(C(=S)C2=C(N3CCCCC3)[C@]3(C)CC[C@H]2C3(C)C)c2ccccc2)cc1. The molecule has 5 rings (SSSR count). The Morgan fingerprint density at radius 3 is 2.26 bits per heavy atom. The lowest BCUT2D eigenvalue weighted by molar-refractivity contribution is 0.100. The van der Waals surface area contributed by atoms with Gasteiger partial charge in [-0.2, -0.15) is 0 Å². The van der Waals surface area contributed by atoms with E-state index >= 15 is 0 Å². The maximum Gasteiger partial charge on any atom is 0.263 e. The number of likely N-dealkylation sites (tertiary alicyclic amines) is 1. The first-order valence-corrected chi connectivity index (χ1v) is 13.2. The molecule has 0 radical (unpaired) electrons. The summed E-state index contributed by atoms with van der Waals surface area (Å²) < 4.78 is 0. The Balaban J connectivity index is 1.65. The maximum absolute atomic E-state index is 14.0. The topological polar surface area (TPSA) is 23.6 Å². The third-order valence-electron chi connectivity index (χ3n) is 8.97. The molecule has 1 heterocycles. The second-order valence-electron chi connectivity index (χ2n) is 11.1. The summed E-state index contributed by atoms with van der Waals surface area (Å²) in [5.41, 5.74) is 5.54. The number of thiocarbonyl (C=S) groups is 1. The van der Waals surface area contributed by atoms with Crippen LogP contribution in [0.2, 0.25) is 0 Å². The van der Waals surface area contributed by atoms with Crippen LogP contribution in [0.3, 0.4) is 0 Å². The molecule has 3 nitrogen and oxygen atoms in total. The summed E-state index contributed by atoms with van der Waals surface area (Å²) in [6.45, 7) is 11.5. The van der Waals surface area contributed by atoms with Crippen LogP contribution in [-0.4, -0.2) is 28.9 Å². The van der Waals surface area contributed by atoms with E-state index in [1.54, 1.807) is 4.90 Å². The first kappa shape index (κ1) is 23.3. The number of aryl methyl sites for hydroxylation is 1. The van der Waals surface area contributed by atoms with Crippen molar-refractivity contribution in [2.45, 2.75) is 59.8 Å². The number of nitrogens with zero attached hydrogens (tertiary/aromatic N) is 2. The molecule has 178 valence electrons. The molecular formula is C30H36N2OS. The van der Waals surface area contributed by atoms with E-state index in [0.29, 0.717) is 16.5 Å². The van der Waals surface area contributed by atoms with Crippen molar-refractivity contribution < 1.29 is 4.79 Å². The van der Waals surface area contributed by atoms with Gasteiger partial charge in [0, 0.05) is 35.3 Å². The fraction of sp³-hybridized carbons (Fsp3) is 0.467. The highest BCUT2D eigenvalue weighted by atomic mass is 32.1. The van der Waals surface area contributed by atoms with E-state index in [0.717, 1.165) is 30.8 Å². The van der Waals surface area contributed by atoms with Crippen LogP contribution in [0.25, 0.3) is 0 Å². The molecule has 2 bridgehead atoms. The third-order valence-corrected chi connectivity index (χ3v) is 9.38. The van der Waals surface area contributed by atoms with Crippen LogP contribution in [0.4, 0.5) is 5.69 Å². The van der Waals surface area contributed by atoms with Crippen molar-refractivity contribution >= 4 is 28.8 Å². The molecule has 2 atom stereocenters. The Morgan fingerprint density at radius 2 is 1.62 bits per heavy atom. The molecule has 0 unspecified atom stereocenters. The molecule has 0 spiro atoms. The summed E-state index contributed by atoms with van der Waals surface area (Å²) in [5, 5.41) is 0. The molecule has 3 aliphatic rings. The fourth-order valence-electron chi connectivity index (χ4n) is 6.63. The minimum absolute atomic E-state index is 0.0487. The van der Waals surface area contributed by atoms with E-state index in [1.807, 2.05) is 61.5 Å². The van der Waals surface area contributed by atoms with E-state index in [9.17, 15) is 4.79 Å². The molecule has 2 aromatic rings. The van der Waals surface area contributed by atoms with Gasteiger partial charge in [0.05, 0.1) is 5.69 Å². The first-order chi connectivity index (χ1) is 16.3. The first-order valence-electron chi connectivity index (χ1n) is 12.8. The zero-order chi connectivity index (χ0) is 24.1. The summed E-state index contributed by atoms with van der Waals surface area (Å²) in [6.07, 6.45) is 6.09. The molecular weight excluding hydrogens is 436 g/mol. The van der Waals surface area contributed by atoms with Gasteiger partial charge >= 0.3 is 0 Å². The normalized spacial score (nSPS) is 25.5. The van der Waals surface area contributed by atoms with Gasteiger partial charge in [0.15, 0.2) is 0 Å². The average Bonchev–Trinajstić information content (AvgIpc) is 3.18. The Kier molecular flexibility index (Phi) is 5.92. The highest BCUT2D eigenvalue weighted by Crippen LogP contribution is 2.68. The van der Waals surface area contributed by atoms with E-state index in [4.69, 9.17) is 12.2 Å². The van der Waals surface area contributed by atoms with Gasteiger partial charge in [-0.05, 0) is 74.6 Å². The van der Waals surface area contributed by atoms with Gasteiger partial charge in [-0.1, -0.05) is 68.9 Å². The zero-order valence-electron chi connectivity index (χ0n) is 20.9.